The molecule has 0 amide bonds. The molecule has 0 fully saturated rings. The van der Waals surface area contributed by atoms with Crippen LogP contribution in [0.3, 0.4) is 0 Å². The maximum Gasteiger partial charge on any atom is 0.518 e. The van der Waals surface area contributed by atoms with Gasteiger partial charge in [0, 0.05) is 5.56 Å². The molecular weight excluding hydrogens is 352 g/mol. The fourth-order valence-electron chi connectivity index (χ4n) is 1.63. The van der Waals surface area contributed by atoms with Crippen molar-refractivity contribution < 1.29 is 34.8 Å². The highest BCUT2D eigenvalue weighted by atomic mass is 32.2. The van der Waals surface area contributed by atoms with Crippen LogP contribution in [0, 0.1) is 6.92 Å². The lowest BCUT2D eigenvalue weighted by atomic mass is 10.1. The molecule has 0 atom stereocenters. The standard InChI is InChI=1S/C11H7F6N3O2S/c1-6-18-9(19-20(6)23(21,22)11(15,16)17)7-2-4-8(5-3-7)10(12,13)14/h2-5H,1H3. The molecule has 0 radical (unpaired) electrons. The molecule has 5 nitrogen and oxygen atoms in total. The smallest absolute Gasteiger partial charge is 0.211 e. The normalized spacial score (nSPS) is 13.3. The van der Waals surface area contributed by atoms with E-state index < -0.39 is 38.9 Å². The molecule has 1 aromatic heterocycles. The average molecular weight is 359 g/mol. The van der Waals surface area contributed by atoms with Gasteiger partial charge in [0.2, 0.25) is 0 Å². The van der Waals surface area contributed by atoms with E-state index in [0.717, 1.165) is 19.1 Å². The fourth-order valence-corrected chi connectivity index (χ4v) is 2.40. The van der Waals surface area contributed by atoms with Crippen molar-refractivity contribution in [2.24, 2.45) is 0 Å². The molecule has 1 heterocycles. The summed E-state index contributed by atoms with van der Waals surface area (Å²) in [4.78, 5) is 3.54. The molecule has 23 heavy (non-hydrogen) atoms. The number of aryl methyl sites for hydroxylation is 1. The van der Waals surface area contributed by atoms with E-state index in [1.54, 1.807) is 0 Å². The molecule has 0 unspecified atom stereocenters. The molecule has 2 aromatic rings. The van der Waals surface area contributed by atoms with Gasteiger partial charge in [-0.3, -0.25) is 0 Å². The Balaban J connectivity index is 2.47. The van der Waals surface area contributed by atoms with Crippen molar-refractivity contribution in [3.63, 3.8) is 0 Å². The van der Waals surface area contributed by atoms with E-state index in [1.807, 2.05) is 0 Å². The van der Waals surface area contributed by atoms with Crippen molar-refractivity contribution in [1.82, 2.24) is 14.2 Å². The van der Waals surface area contributed by atoms with Gasteiger partial charge in [0.25, 0.3) is 0 Å². The van der Waals surface area contributed by atoms with E-state index in [2.05, 4.69) is 10.1 Å². The Kier molecular flexibility index (Phi) is 3.91. The van der Waals surface area contributed by atoms with Crippen LogP contribution in [0.5, 0.6) is 0 Å². The number of hydrogen-bond acceptors (Lipinski definition) is 4. The number of aromatic nitrogens is 3. The van der Waals surface area contributed by atoms with Gasteiger partial charge in [-0.15, -0.1) is 9.19 Å². The van der Waals surface area contributed by atoms with E-state index in [9.17, 15) is 34.8 Å². The van der Waals surface area contributed by atoms with Crippen LogP contribution >= 0.6 is 0 Å². The second kappa shape index (κ2) is 5.22. The van der Waals surface area contributed by atoms with Gasteiger partial charge in [-0.25, -0.2) is 4.98 Å². The SMILES string of the molecule is Cc1nc(-c2ccc(C(F)(F)F)cc2)nn1S(=O)(=O)C(F)(F)F. The number of alkyl halides is 6. The topological polar surface area (TPSA) is 64.8 Å². The molecule has 0 aliphatic rings. The molecule has 0 aliphatic heterocycles. The Bertz CT molecular complexity index is 821. The quantitative estimate of drug-likeness (QED) is 0.774. The molecule has 0 saturated carbocycles. The minimum Gasteiger partial charge on any atom is -0.211 e. The van der Waals surface area contributed by atoms with Crippen molar-refractivity contribution in [1.29, 1.82) is 0 Å². The third-order valence-electron chi connectivity index (χ3n) is 2.72. The Morgan fingerprint density at radius 1 is 1.00 bits per heavy atom. The van der Waals surface area contributed by atoms with Crippen molar-refractivity contribution in [3.05, 3.63) is 35.7 Å². The van der Waals surface area contributed by atoms with E-state index >= 15 is 0 Å². The van der Waals surface area contributed by atoms with Crippen LogP contribution in [-0.2, 0) is 16.2 Å². The molecule has 0 aliphatic carbocycles. The van der Waals surface area contributed by atoms with E-state index in [1.165, 1.54) is 0 Å². The fraction of sp³-hybridized carbons (Fsp3) is 0.273. The average Bonchev–Trinajstić information content (AvgIpc) is 2.79. The number of benzene rings is 1. The predicted molar refractivity (Wildman–Crippen MR) is 65.6 cm³/mol. The van der Waals surface area contributed by atoms with E-state index in [0.29, 0.717) is 12.1 Å². The second-order valence-corrected chi connectivity index (χ2v) is 6.11. The van der Waals surface area contributed by atoms with Crippen molar-refractivity contribution in [2.75, 3.05) is 0 Å². The number of nitrogens with zero attached hydrogens (tertiary/aromatic N) is 3. The predicted octanol–water partition coefficient (Wildman–Crippen LogP) is 2.97. The van der Waals surface area contributed by atoms with Crippen LogP contribution in [0.2, 0.25) is 0 Å². The second-order valence-electron chi connectivity index (χ2n) is 4.35. The molecule has 2 rings (SSSR count). The lowest BCUT2D eigenvalue weighted by Crippen LogP contribution is -2.31. The van der Waals surface area contributed by atoms with E-state index in [4.69, 9.17) is 0 Å². The van der Waals surface area contributed by atoms with Gasteiger partial charge < -0.3 is 0 Å². The van der Waals surface area contributed by atoms with Crippen LogP contribution in [-0.4, -0.2) is 28.1 Å². The van der Waals surface area contributed by atoms with Gasteiger partial charge in [-0.2, -0.15) is 34.8 Å². The third kappa shape index (κ3) is 3.16. The maximum absolute atomic E-state index is 12.5. The van der Waals surface area contributed by atoms with Crippen LogP contribution in [0.1, 0.15) is 11.4 Å². The Morgan fingerprint density at radius 2 is 1.52 bits per heavy atom. The van der Waals surface area contributed by atoms with Gasteiger partial charge in [0.05, 0.1) is 5.56 Å². The van der Waals surface area contributed by atoms with Crippen LogP contribution < -0.4 is 0 Å². The Labute approximate surface area is 125 Å². The maximum atomic E-state index is 12.5. The minimum atomic E-state index is -5.76. The monoisotopic (exact) mass is 359 g/mol. The molecule has 0 spiro atoms. The number of hydrogen-bond donors (Lipinski definition) is 0. The molecule has 1 aromatic carbocycles. The zero-order valence-corrected chi connectivity index (χ0v) is 12.0. The van der Waals surface area contributed by atoms with Crippen molar-refractivity contribution >= 4 is 10.0 Å². The van der Waals surface area contributed by atoms with Crippen molar-refractivity contribution in [2.45, 2.75) is 18.6 Å². The Hall–Kier alpha value is -2.11. The van der Waals surface area contributed by atoms with Gasteiger partial charge in [0.15, 0.2) is 5.82 Å². The first kappa shape index (κ1) is 17.2. The Morgan fingerprint density at radius 3 is 1.96 bits per heavy atom. The lowest BCUT2D eigenvalue weighted by Gasteiger charge is -2.08. The summed E-state index contributed by atoms with van der Waals surface area (Å²) >= 11 is 0. The molecule has 0 N–H and O–H groups in total. The summed E-state index contributed by atoms with van der Waals surface area (Å²) in [7, 11) is -5.76. The minimum absolute atomic E-state index is 0.0581. The number of halogens is 6. The molecular formula is C11H7F6N3O2S. The first-order valence-electron chi connectivity index (χ1n) is 5.77. The van der Waals surface area contributed by atoms with Gasteiger partial charge >= 0.3 is 21.7 Å². The summed E-state index contributed by atoms with van der Waals surface area (Å²) in [6, 6.07) is 3.23. The summed E-state index contributed by atoms with van der Waals surface area (Å²) in [6.45, 7) is 0.976. The largest absolute Gasteiger partial charge is 0.518 e. The lowest BCUT2D eigenvalue weighted by molar-refractivity contribution is -0.137. The van der Waals surface area contributed by atoms with Gasteiger partial charge in [0.1, 0.15) is 5.82 Å². The highest BCUT2D eigenvalue weighted by molar-refractivity contribution is 7.90. The summed E-state index contributed by atoms with van der Waals surface area (Å²) in [5.74, 6) is -1.01. The van der Waals surface area contributed by atoms with E-state index in [-0.39, 0.29) is 9.65 Å². The van der Waals surface area contributed by atoms with Gasteiger partial charge in [-0.05, 0) is 19.1 Å². The van der Waals surface area contributed by atoms with Gasteiger partial charge in [-0.1, -0.05) is 12.1 Å². The molecule has 0 saturated heterocycles. The van der Waals surface area contributed by atoms with Crippen molar-refractivity contribution in [3.8, 4) is 11.4 Å². The van der Waals surface area contributed by atoms with Crippen LogP contribution in [0.25, 0.3) is 11.4 Å². The zero-order valence-electron chi connectivity index (χ0n) is 11.1. The van der Waals surface area contributed by atoms with Crippen LogP contribution in [0.15, 0.2) is 24.3 Å². The third-order valence-corrected chi connectivity index (χ3v) is 4.11. The number of rotatable bonds is 2. The molecule has 12 heteroatoms. The molecule has 0 bridgehead atoms. The summed E-state index contributed by atoms with van der Waals surface area (Å²) < 4.78 is 97.1. The highest BCUT2D eigenvalue weighted by Gasteiger charge is 2.49. The van der Waals surface area contributed by atoms with Crippen LogP contribution in [0.4, 0.5) is 26.3 Å². The first-order chi connectivity index (χ1) is 10.3. The first-order valence-corrected chi connectivity index (χ1v) is 7.21. The summed E-state index contributed by atoms with van der Waals surface area (Å²) in [6.07, 6.45) is -4.58. The zero-order chi connectivity index (χ0) is 17.6. The molecule has 126 valence electrons. The summed E-state index contributed by atoms with van der Waals surface area (Å²) in [5.41, 5.74) is -6.61. The summed E-state index contributed by atoms with van der Waals surface area (Å²) in [5, 5.41) is 3.23. The highest BCUT2D eigenvalue weighted by Crippen LogP contribution is 2.31.